The summed E-state index contributed by atoms with van der Waals surface area (Å²) in [5.74, 6) is 0.628. The predicted octanol–water partition coefficient (Wildman–Crippen LogP) is 4.92. The van der Waals surface area contributed by atoms with Crippen LogP contribution in [0.25, 0.3) is 10.2 Å². The number of thiazole rings is 1. The molecular weight excluding hydrogens is 417 g/mol. The van der Waals surface area contributed by atoms with Gasteiger partial charge in [0, 0.05) is 48.3 Å². The van der Waals surface area contributed by atoms with Crippen LogP contribution in [0.3, 0.4) is 0 Å². The Morgan fingerprint density at radius 3 is 2.64 bits per heavy atom. The topological polar surface area (TPSA) is 36.4 Å². The highest BCUT2D eigenvalue weighted by molar-refractivity contribution is 7.99. The zero-order chi connectivity index (χ0) is 19.5. The maximum atomic E-state index is 12.9. The molecule has 1 aliphatic heterocycles. The van der Waals surface area contributed by atoms with Gasteiger partial charge in [0.2, 0.25) is 5.91 Å². The fourth-order valence-corrected chi connectivity index (χ4v) is 5.25. The van der Waals surface area contributed by atoms with E-state index in [9.17, 15) is 9.18 Å². The van der Waals surface area contributed by atoms with E-state index in [2.05, 4.69) is 9.88 Å². The molecule has 0 unspecified atom stereocenters. The number of benzene rings is 2. The molecule has 4 rings (SSSR count). The summed E-state index contributed by atoms with van der Waals surface area (Å²) < 4.78 is 14.0. The van der Waals surface area contributed by atoms with Crippen molar-refractivity contribution in [3.8, 4) is 0 Å². The SMILES string of the molecule is O=C(CCSc1ccc(F)cc1)N1CCN(c2nc3ccc(Cl)cc3s2)CC1. The Labute approximate surface area is 176 Å². The van der Waals surface area contributed by atoms with Gasteiger partial charge in [0.25, 0.3) is 0 Å². The van der Waals surface area contributed by atoms with Crippen molar-refractivity contribution < 1.29 is 9.18 Å². The quantitative estimate of drug-likeness (QED) is 0.533. The van der Waals surface area contributed by atoms with Crippen molar-refractivity contribution in [1.29, 1.82) is 0 Å². The van der Waals surface area contributed by atoms with Crippen LogP contribution in [0, 0.1) is 5.82 Å². The second-order valence-electron chi connectivity index (χ2n) is 6.53. The Kier molecular flexibility index (Phi) is 6.04. The molecule has 28 heavy (non-hydrogen) atoms. The first-order chi connectivity index (χ1) is 13.6. The average molecular weight is 436 g/mol. The molecule has 1 aromatic heterocycles. The standard InChI is InChI=1S/C20H19ClFN3OS2/c21-14-1-6-17-18(13-14)28-20(23-17)25-10-8-24(9-11-25)19(26)7-12-27-16-4-2-15(22)3-5-16/h1-6,13H,7-12H2. The predicted molar refractivity (Wildman–Crippen MR) is 115 cm³/mol. The first kappa shape index (κ1) is 19.5. The van der Waals surface area contributed by atoms with E-state index in [1.807, 2.05) is 23.1 Å². The summed E-state index contributed by atoms with van der Waals surface area (Å²) in [4.78, 5) is 22.3. The summed E-state index contributed by atoms with van der Waals surface area (Å²) in [6.07, 6.45) is 0.488. The highest BCUT2D eigenvalue weighted by Crippen LogP contribution is 2.31. The van der Waals surface area contributed by atoms with Gasteiger partial charge < -0.3 is 9.80 Å². The second kappa shape index (κ2) is 8.68. The van der Waals surface area contributed by atoms with Crippen molar-refractivity contribution in [2.24, 2.45) is 0 Å². The molecule has 0 aliphatic carbocycles. The van der Waals surface area contributed by atoms with Crippen LogP contribution in [0.2, 0.25) is 5.02 Å². The molecule has 0 atom stereocenters. The summed E-state index contributed by atoms with van der Waals surface area (Å²) in [7, 11) is 0. The number of carbonyl (C=O) groups is 1. The molecule has 0 bridgehead atoms. The molecule has 1 amide bonds. The van der Waals surface area contributed by atoms with Gasteiger partial charge >= 0.3 is 0 Å². The lowest BCUT2D eigenvalue weighted by atomic mass is 10.3. The van der Waals surface area contributed by atoms with E-state index in [0.717, 1.165) is 38.4 Å². The monoisotopic (exact) mass is 435 g/mol. The van der Waals surface area contributed by atoms with Crippen LogP contribution in [0.5, 0.6) is 0 Å². The van der Waals surface area contributed by atoms with Crippen molar-refractivity contribution in [3.05, 3.63) is 53.3 Å². The number of hydrogen-bond donors (Lipinski definition) is 0. The van der Waals surface area contributed by atoms with E-state index in [0.29, 0.717) is 25.3 Å². The van der Waals surface area contributed by atoms with Gasteiger partial charge in [-0.25, -0.2) is 9.37 Å². The lowest BCUT2D eigenvalue weighted by molar-refractivity contribution is -0.131. The minimum atomic E-state index is -0.241. The van der Waals surface area contributed by atoms with E-state index in [1.165, 1.54) is 12.1 Å². The van der Waals surface area contributed by atoms with Gasteiger partial charge in [-0.2, -0.15) is 0 Å². The molecule has 0 spiro atoms. The Hall–Kier alpha value is -1.83. The number of carbonyl (C=O) groups excluding carboxylic acids is 1. The number of halogens is 2. The van der Waals surface area contributed by atoms with E-state index in [1.54, 1.807) is 35.2 Å². The lowest BCUT2D eigenvalue weighted by Gasteiger charge is -2.34. The zero-order valence-electron chi connectivity index (χ0n) is 15.1. The number of nitrogens with zero attached hydrogens (tertiary/aromatic N) is 3. The molecule has 0 N–H and O–H groups in total. The van der Waals surface area contributed by atoms with Crippen LogP contribution >= 0.6 is 34.7 Å². The van der Waals surface area contributed by atoms with Crippen molar-refractivity contribution in [2.45, 2.75) is 11.3 Å². The van der Waals surface area contributed by atoms with Crippen LogP contribution in [-0.2, 0) is 4.79 Å². The molecule has 2 aromatic carbocycles. The molecule has 0 radical (unpaired) electrons. The zero-order valence-corrected chi connectivity index (χ0v) is 17.5. The number of rotatable bonds is 5. The third-order valence-corrected chi connectivity index (χ3v) is 6.97. The third kappa shape index (κ3) is 4.59. The van der Waals surface area contributed by atoms with Crippen LogP contribution in [-0.4, -0.2) is 47.7 Å². The molecule has 1 saturated heterocycles. The number of aromatic nitrogens is 1. The minimum Gasteiger partial charge on any atom is -0.345 e. The highest BCUT2D eigenvalue weighted by atomic mass is 35.5. The molecule has 3 aromatic rings. The van der Waals surface area contributed by atoms with Gasteiger partial charge in [-0.05, 0) is 42.5 Å². The Morgan fingerprint density at radius 1 is 1.14 bits per heavy atom. The number of thioether (sulfide) groups is 1. The van der Waals surface area contributed by atoms with Crippen LogP contribution in [0.4, 0.5) is 9.52 Å². The van der Waals surface area contributed by atoms with Crippen molar-refractivity contribution in [2.75, 3.05) is 36.8 Å². The van der Waals surface area contributed by atoms with E-state index in [-0.39, 0.29) is 11.7 Å². The Bertz CT molecular complexity index is 971. The van der Waals surface area contributed by atoms with Gasteiger partial charge in [0.05, 0.1) is 10.2 Å². The molecule has 2 heterocycles. The second-order valence-corrected chi connectivity index (χ2v) is 9.14. The normalized spacial score (nSPS) is 14.6. The third-order valence-electron chi connectivity index (χ3n) is 4.64. The molecular formula is C20H19ClFN3OS2. The van der Waals surface area contributed by atoms with Gasteiger partial charge in [-0.1, -0.05) is 22.9 Å². The summed E-state index contributed by atoms with van der Waals surface area (Å²) in [5.41, 5.74) is 0.959. The van der Waals surface area contributed by atoms with Crippen LogP contribution in [0.15, 0.2) is 47.4 Å². The maximum Gasteiger partial charge on any atom is 0.223 e. The van der Waals surface area contributed by atoms with Gasteiger partial charge in [0.1, 0.15) is 5.82 Å². The number of hydrogen-bond acceptors (Lipinski definition) is 5. The Morgan fingerprint density at radius 2 is 1.89 bits per heavy atom. The summed E-state index contributed by atoms with van der Waals surface area (Å²) in [6.45, 7) is 2.97. The Balaban J connectivity index is 1.27. The van der Waals surface area contributed by atoms with Gasteiger partial charge in [-0.3, -0.25) is 4.79 Å². The smallest absolute Gasteiger partial charge is 0.223 e. The van der Waals surface area contributed by atoms with E-state index in [4.69, 9.17) is 11.6 Å². The van der Waals surface area contributed by atoms with Gasteiger partial charge in [-0.15, -0.1) is 11.8 Å². The van der Waals surface area contributed by atoms with E-state index < -0.39 is 0 Å². The van der Waals surface area contributed by atoms with Crippen molar-refractivity contribution in [3.63, 3.8) is 0 Å². The average Bonchev–Trinajstić information content (AvgIpc) is 3.12. The maximum absolute atomic E-state index is 12.9. The summed E-state index contributed by atoms with van der Waals surface area (Å²) >= 11 is 9.27. The van der Waals surface area contributed by atoms with Crippen molar-refractivity contribution in [1.82, 2.24) is 9.88 Å². The number of piperazine rings is 1. The largest absolute Gasteiger partial charge is 0.345 e. The van der Waals surface area contributed by atoms with Gasteiger partial charge in [0.15, 0.2) is 5.13 Å². The van der Waals surface area contributed by atoms with E-state index >= 15 is 0 Å². The highest BCUT2D eigenvalue weighted by Gasteiger charge is 2.23. The molecule has 4 nitrogen and oxygen atoms in total. The number of amides is 1. The minimum absolute atomic E-state index is 0.172. The molecule has 0 saturated carbocycles. The van der Waals surface area contributed by atoms with Crippen molar-refractivity contribution >= 4 is 56.0 Å². The molecule has 1 aliphatic rings. The number of anilines is 1. The summed E-state index contributed by atoms with van der Waals surface area (Å²) in [5, 5.41) is 1.70. The van der Waals surface area contributed by atoms with Crippen LogP contribution in [0.1, 0.15) is 6.42 Å². The number of fused-ring (bicyclic) bond motifs is 1. The van der Waals surface area contributed by atoms with Crippen LogP contribution < -0.4 is 4.90 Å². The molecule has 146 valence electrons. The molecule has 8 heteroatoms. The fraction of sp³-hybridized carbons (Fsp3) is 0.300. The lowest BCUT2D eigenvalue weighted by Crippen LogP contribution is -2.48. The first-order valence-corrected chi connectivity index (χ1v) is 11.2. The fourth-order valence-electron chi connectivity index (χ4n) is 3.11. The summed E-state index contributed by atoms with van der Waals surface area (Å²) in [6, 6.07) is 12.1. The molecule has 1 fully saturated rings. The first-order valence-electron chi connectivity index (χ1n) is 9.06.